The maximum Gasteiger partial charge on any atom is 0.270 e. The molecule has 152 valence electrons. The van der Waals surface area contributed by atoms with E-state index in [1.54, 1.807) is 30.3 Å². The van der Waals surface area contributed by atoms with E-state index in [1.807, 2.05) is 25.2 Å². The maximum absolute atomic E-state index is 12.5. The number of carbonyl (C=O) groups is 2. The third-order valence-corrected chi connectivity index (χ3v) is 5.47. The summed E-state index contributed by atoms with van der Waals surface area (Å²) >= 11 is 5.91. The van der Waals surface area contributed by atoms with Crippen LogP contribution >= 0.6 is 11.6 Å². The van der Waals surface area contributed by atoms with Gasteiger partial charge in [-0.2, -0.15) is 0 Å². The van der Waals surface area contributed by atoms with Crippen LogP contribution in [0.2, 0.25) is 5.02 Å². The van der Waals surface area contributed by atoms with Gasteiger partial charge < -0.3 is 10.2 Å². The molecule has 0 fully saturated rings. The van der Waals surface area contributed by atoms with Gasteiger partial charge in [0.15, 0.2) is 0 Å². The Hall–Kier alpha value is -3.25. The van der Waals surface area contributed by atoms with E-state index < -0.39 is 0 Å². The highest BCUT2D eigenvalue weighted by molar-refractivity contribution is 6.30. The van der Waals surface area contributed by atoms with Crippen LogP contribution in [0.15, 0.2) is 48.9 Å². The lowest BCUT2D eigenvalue weighted by Crippen LogP contribution is -2.30. The quantitative estimate of drug-likeness (QED) is 0.693. The molecule has 0 aliphatic carbocycles. The molecule has 0 saturated carbocycles. The Morgan fingerprint density at radius 3 is 2.77 bits per heavy atom. The minimum Gasteiger partial charge on any atom is -0.347 e. The van der Waals surface area contributed by atoms with Crippen LogP contribution in [0.1, 0.15) is 33.6 Å². The first-order chi connectivity index (χ1) is 14.4. The van der Waals surface area contributed by atoms with Crippen molar-refractivity contribution in [3.63, 3.8) is 0 Å². The monoisotopic (exact) mass is 420 g/mol. The zero-order valence-electron chi connectivity index (χ0n) is 16.8. The van der Waals surface area contributed by atoms with Crippen LogP contribution in [0.25, 0.3) is 11.1 Å². The average Bonchev–Trinajstić information content (AvgIpc) is 2.74. The molecule has 1 N–H and O–H groups in total. The fourth-order valence-electron chi connectivity index (χ4n) is 3.62. The molecule has 6 nitrogen and oxygen atoms in total. The molecule has 1 aliphatic rings. The van der Waals surface area contributed by atoms with Crippen molar-refractivity contribution in [2.75, 3.05) is 11.9 Å². The van der Waals surface area contributed by atoms with Crippen molar-refractivity contribution in [3.05, 3.63) is 76.3 Å². The average molecular weight is 421 g/mol. The van der Waals surface area contributed by atoms with Crippen molar-refractivity contribution in [1.29, 1.82) is 0 Å². The number of aromatic nitrogens is 2. The van der Waals surface area contributed by atoms with Gasteiger partial charge in [0.1, 0.15) is 5.69 Å². The minimum atomic E-state index is -0.254. The van der Waals surface area contributed by atoms with Crippen molar-refractivity contribution < 1.29 is 9.59 Å². The lowest BCUT2D eigenvalue weighted by molar-refractivity contribution is -0.118. The largest absolute Gasteiger partial charge is 0.347 e. The van der Waals surface area contributed by atoms with Crippen LogP contribution in [0.5, 0.6) is 0 Å². The normalized spacial score (nSPS) is 13.2. The molecule has 0 atom stereocenters. The molecule has 0 radical (unpaired) electrons. The van der Waals surface area contributed by atoms with E-state index in [4.69, 9.17) is 11.6 Å². The fraction of sp³-hybridized carbons (Fsp3) is 0.217. The molecule has 7 heteroatoms. The summed E-state index contributed by atoms with van der Waals surface area (Å²) < 4.78 is 0. The molecular weight excluding hydrogens is 400 g/mol. The number of carbonyl (C=O) groups excluding carboxylic acids is 2. The van der Waals surface area contributed by atoms with Gasteiger partial charge in [0.2, 0.25) is 5.91 Å². The number of hydrogen-bond donors (Lipinski definition) is 1. The number of amides is 2. The topological polar surface area (TPSA) is 75.2 Å². The summed E-state index contributed by atoms with van der Waals surface area (Å²) in [7, 11) is 1.81. The number of nitrogens with one attached hydrogen (secondary N) is 1. The number of fused-ring (bicyclic) bond motifs is 1. The standard InChI is InChI=1S/C23H21ClN4O2/c1-14-7-19(24)13-26-22(14)23(30)27-11-15-8-18(12-25-10-15)16-3-5-20-17(9-16)4-6-21(29)28(20)2/h3,5,7-10,12-13H,4,6,11H2,1-2H3,(H,27,30). The first-order valence-corrected chi connectivity index (χ1v) is 10.0. The molecule has 0 saturated heterocycles. The van der Waals surface area contributed by atoms with Crippen LogP contribution < -0.4 is 10.2 Å². The van der Waals surface area contributed by atoms with E-state index >= 15 is 0 Å². The molecule has 3 heterocycles. The number of rotatable bonds is 4. The molecule has 0 bridgehead atoms. The van der Waals surface area contributed by atoms with Gasteiger partial charge in [0.05, 0.1) is 5.02 Å². The van der Waals surface area contributed by atoms with Gasteiger partial charge in [-0.1, -0.05) is 17.7 Å². The van der Waals surface area contributed by atoms with E-state index in [-0.39, 0.29) is 11.8 Å². The van der Waals surface area contributed by atoms with E-state index in [9.17, 15) is 9.59 Å². The van der Waals surface area contributed by atoms with Gasteiger partial charge in [0, 0.05) is 49.9 Å². The van der Waals surface area contributed by atoms with E-state index in [2.05, 4.69) is 21.4 Å². The number of pyridine rings is 2. The number of benzene rings is 1. The Balaban J connectivity index is 1.51. The first kappa shape index (κ1) is 20.0. The Morgan fingerprint density at radius 2 is 1.97 bits per heavy atom. The molecule has 30 heavy (non-hydrogen) atoms. The summed E-state index contributed by atoms with van der Waals surface area (Å²) in [6.07, 6.45) is 6.26. The predicted octanol–water partition coefficient (Wildman–Crippen LogP) is 3.94. The Bertz CT molecular complexity index is 1150. The van der Waals surface area contributed by atoms with Crippen LogP contribution in [0.3, 0.4) is 0 Å². The summed E-state index contributed by atoms with van der Waals surface area (Å²) in [6, 6.07) is 9.81. The highest BCUT2D eigenvalue weighted by Gasteiger charge is 2.21. The second-order valence-electron chi connectivity index (χ2n) is 7.38. The number of nitrogens with zero attached hydrogens (tertiary/aromatic N) is 3. The molecule has 0 unspecified atom stereocenters. The molecule has 1 aromatic carbocycles. The summed E-state index contributed by atoms with van der Waals surface area (Å²) in [6.45, 7) is 2.14. The van der Waals surface area contributed by atoms with E-state index in [0.29, 0.717) is 23.7 Å². The first-order valence-electron chi connectivity index (χ1n) is 9.66. The number of aryl methyl sites for hydroxylation is 2. The SMILES string of the molecule is Cc1cc(Cl)cnc1C(=O)NCc1cncc(-c2ccc3c(c2)CCC(=O)N3C)c1. The molecule has 3 aromatic rings. The van der Waals surface area contributed by atoms with E-state index in [1.165, 1.54) is 6.20 Å². The van der Waals surface area contributed by atoms with Crippen molar-refractivity contribution in [2.45, 2.75) is 26.3 Å². The lowest BCUT2D eigenvalue weighted by atomic mass is 9.96. The second-order valence-corrected chi connectivity index (χ2v) is 7.82. The smallest absolute Gasteiger partial charge is 0.270 e. The molecule has 1 aliphatic heterocycles. The number of halogens is 1. The van der Waals surface area contributed by atoms with Gasteiger partial charge in [-0.15, -0.1) is 0 Å². The van der Waals surface area contributed by atoms with Gasteiger partial charge >= 0.3 is 0 Å². The van der Waals surface area contributed by atoms with Gasteiger partial charge in [-0.3, -0.25) is 14.6 Å². The second kappa shape index (κ2) is 8.24. The fourth-order valence-corrected chi connectivity index (χ4v) is 3.84. The molecule has 2 aromatic heterocycles. The highest BCUT2D eigenvalue weighted by Crippen LogP contribution is 2.31. The zero-order valence-corrected chi connectivity index (χ0v) is 17.5. The van der Waals surface area contributed by atoms with Crippen LogP contribution in [-0.4, -0.2) is 28.8 Å². The van der Waals surface area contributed by atoms with Gasteiger partial charge in [0.25, 0.3) is 5.91 Å². The van der Waals surface area contributed by atoms with Crippen LogP contribution in [0.4, 0.5) is 5.69 Å². The van der Waals surface area contributed by atoms with Crippen molar-refractivity contribution in [2.24, 2.45) is 0 Å². The van der Waals surface area contributed by atoms with Crippen molar-refractivity contribution in [1.82, 2.24) is 15.3 Å². The molecule has 2 amide bonds. The Labute approximate surface area is 179 Å². The number of anilines is 1. The van der Waals surface area contributed by atoms with Gasteiger partial charge in [-0.05, 0) is 59.9 Å². The highest BCUT2D eigenvalue weighted by atomic mass is 35.5. The van der Waals surface area contributed by atoms with Crippen molar-refractivity contribution in [3.8, 4) is 11.1 Å². The Morgan fingerprint density at radius 1 is 1.13 bits per heavy atom. The summed E-state index contributed by atoms with van der Waals surface area (Å²) in [5.74, 6) is -0.115. The summed E-state index contributed by atoms with van der Waals surface area (Å²) in [4.78, 5) is 34.5. The van der Waals surface area contributed by atoms with E-state index in [0.717, 1.165) is 39.9 Å². The number of hydrogen-bond acceptors (Lipinski definition) is 4. The lowest BCUT2D eigenvalue weighted by Gasteiger charge is -2.26. The third-order valence-electron chi connectivity index (χ3n) is 5.26. The molecule has 0 spiro atoms. The van der Waals surface area contributed by atoms with Gasteiger partial charge in [-0.25, -0.2) is 4.98 Å². The predicted molar refractivity (Wildman–Crippen MR) is 117 cm³/mol. The summed E-state index contributed by atoms with van der Waals surface area (Å²) in [5.41, 5.74) is 6.07. The minimum absolute atomic E-state index is 0.139. The summed E-state index contributed by atoms with van der Waals surface area (Å²) in [5, 5.41) is 3.39. The van der Waals surface area contributed by atoms with Crippen LogP contribution in [0, 0.1) is 6.92 Å². The maximum atomic E-state index is 12.5. The molecule has 4 rings (SSSR count). The Kier molecular flexibility index (Phi) is 5.50. The van der Waals surface area contributed by atoms with Crippen LogP contribution in [-0.2, 0) is 17.8 Å². The van der Waals surface area contributed by atoms with Crippen molar-refractivity contribution >= 4 is 29.1 Å². The zero-order chi connectivity index (χ0) is 21.3. The third kappa shape index (κ3) is 4.04. The molecular formula is C23H21ClN4O2.